The van der Waals surface area contributed by atoms with Gasteiger partial charge in [0, 0.05) is 5.41 Å². The van der Waals surface area contributed by atoms with Crippen LogP contribution in [0.3, 0.4) is 0 Å². The van der Waals surface area contributed by atoms with Crippen molar-refractivity contribution < 1.29 is 76.3 Å². The molecule has 0 radical (unpaired) electrons. The van der Waals surface area contributed by atoms with Crippen molar-refractivity contribution in [3.63, 3.8) is 0 Å². The summed E-state index contributed by atoms with van der Waals surface area (Å²) >= 11 is 0. The molecule has 0 aliphatic heterocycles. The maximum atomic E-state index is 12.1. The first-order valence-corrected chi connectivity index (χ1v) is 33.3. The molecule has 1 unspecified atom stereocenters. The summed E-state index contributed by atoms with van der Waals surface area (Å²) in [7, 11) is 0. The third-order valence-electron chi connectivity index (χ3n) is 17.4. The van der Waals surface area contributed by atoms with Crippen LogP contribution in [0.4, 0.5) is 0 Å². The Hall–Kier alpha value is -4.24. The average Bonchev–Trinajstić information content (AvgIpc) is 3.22. The smallest absolute Gasteiger partial charge is 0.344 e. The first-order valence-electron chi connectivity index (χ1n) is 33.3. The lowest BCUT2D eigenvalue weighted by atomic mass is 9.75. The molecule has 16 heteroatoms. The molecule has 4 aliphatic carbocycles. The zero-order valence-corrected chi connectivity index (χ0v) is 60.6. The Morgan fingerprint density at radius 3 is 0.884 bits per heavy atom. The number of hydrogen-bond acceptors (Lipinski definition) is 16. The van der Waals surface area contributed by atoms with E-state index in [-0.39, 0.29) is 61.3 Å². The number of hydrogen-bond donors (Lipinski definition) is 0. The van der Waals surface area contributed by atoms with Crippen molar-refractivity contribution in [3.05, 3.63) is 0 Å². The topological polar surface area (TPSA) is 210 Å². The van der Waals surface area contributed by atoms with E-state index in [1.165, 1.54) is 0 Å². The first-order chi connectivity index (χ1) is 39.8. The highest BCUT2D eigenvalue weighted by Gasteiger charge is 2.49. The lowest BCUT2D eigenvalue weighted by Gasteiger charge is -2.41. The molecule has 0 aromatic carbocycles. The fraction of sp³-hybridized carbons (Fsp3) is 0.886. The molecule has 4 aliphatic rings. The second-order valence-electron chi connectivity index (χ2n) is 26.5. The van der Waals surface area contributed by atoms with E-state index < -0.39 is 62.3 Å². The van der Waals surface area contributed by atoms with Crippen molar-refractivity contribution >= 4 is 47.8 Å². The maximum absolute atomic E-state index is 12.1. The summed E-state index contributed by atoms with van der Waals surface area (Å²) in [6.07, 6.45) is 15.7. The van der Waals surface area contributed by atoms with Gasteiger partial charge >= 0.3 is 47.8 Å². The van der Waals surface area contributed by atoms with Crippen molar-refractivity contribution in [2.24, 2.45) is 44.8 Å². The molecule has 0 spiro atoms. The van der Waals surface area contributed by atoms with Gasteiger partial charge in [-0.15, -0.1) is 0 Å². The fourth-order valence-electron chi connectivity index (χ4n) is 8.59. The molecule has 0 saturated heterocycles. The van der Waals surface area contributed by atoms with Crippen LogP contribution in [0.5, 0.6) is 0 Å². The van der Waals surface area contributed by atoms with Crippen LogP contribution in [0.2, 0.25) is 0 Å². The Balaban J connectivity index is -0.000000501. The minimum Gasteiger partial charge on any atom is -0.457 e. The number of carbonyl (C=O) groups is 8. The van der Waals surface area contributed by atoms with Gasteiger partial charge in [0.05, 0.1) is 21.7 Å². The lowest BCUT2D eigenvalue weighted by molar-refractivity contribution is -0.182. The predicted molar refractivity (Wildman–Crippen MR) is 345 cm³/mol. The van der Waals surface area contributed by atoms with Crippen molar-refractivity contribution in [1.82, 2.24) is 0 Å². The second-order valence-corrected chi connectivity index (χ2v) is 26.5. The third-order valence-corrected chi connectivity index (χ3v) is 17.4. The van der Waals surface area contributed by atoms with Crippen LogP contribution >= 0.6 is 0 Å². The minimum absolute atomic E-state index is 0.105. The van der Waals surface area contributed by atoms with E-state index in [1.54, 1.807) is 27.7 Å². The van der Waals surface area contributed by atoms with Gasteiger partial charge in [0.15, 0.2) is 26.4 Å². The van der Waals surface area contributed by atoms with Crippen LogP contribution in [0.1, 0.15) is 310 Å². The maximum Gasteiger partial charge on any atom is 0.344 e. The van der Waals surface area contributed by atoms with Crippen molar-refractivity contribution in [2.75, 3.05) is 26.4 Å². The van der Waals surface area contributed by atoms with Gasteiger partial charge in [-0.05, 0) is 203 Å². The van der Waals surface area contributed by atoms with E-state index >= 15 is 0 Å². The van der Waals surface area contributed by atoms with Gasteiger partial charge < -0.3 is 37.9 Å². The summed E-state index contributed by atoms with van der Waals surface area (Å²) in [4.78, 5) is 94.5. The molecular formula is C70H132O16. The third kappa shape index (κ3) is 31.3. The Morgan fingerprint density at radius 2 is 0.628 bits per heavy atom. The van der Waals surface area contributed by atoms with Crippen LogP contribution in [-0.4, -0.2) is 96.6 Å². The molecular weight excluding hydrogens is 1100 g/mol. The Morgan fingerprint density at radius 1 is 0.349 bits per heavy atom. The molecule has 0 aromatic heterocycles. The first kappa shape index (κ1) is 88.2. The SMILES string of the molecule is CC.CC.CC.CC.CCC(C)(C)C(=O)OCC(=O)OC(C)(C)C1CC1.CCC(C)(C)C(=O)OCC(=O)OC(C)(CC)C1CC1.CCC(C)(C)C(=O)OCC(=O)OC(CC)(CC)C1CC1.CCC(C)(C)C(=O)OCC(=O)OC1(C(C)(C)C)CCCC1. The van der Waals surface area contributed by atoms with Crippen LogP contribution in [-0.2, 0) is 76.3 Å². The Kier molecular flexibility index (Phi) is 42.2. The van der Waals surface area contributed by atoms with E-state index in [2.05, 4.69) is 20.8 Å². The predicted octanol–water partition coefficient (Wildman–Crippen LogP) is 17.2. The molecule has 4 fully saturated rings. The van der Waals surface area contributed by atoms with E-state index in [9.17, 15) is 38.4 Å². The van der Waals surface area contributed by atoms with Gasteiger partial charge in [-0.2, -0.15) is 0 Å². The van der Waals surface area contributed by atoms with Gasteiger partial charge in [0.2, 0.25) is 0 Å². The highest BCUT2D eigenvalue weighted by Crippen LogP contribution is 2.48. The average molecular weight is 1230 g/mol. The van der Waals surface area contributed by atoms with Crippen molar-refractivity contribution in [1.29, 1.82) is 0 Å². The van der Waals surface area contributed by atoms with Crippen LogP contribution < -0.4 is 0 Å². The number of ether oxygens (including phenoxy) is 8. The largest absolute Gasteiger partial charge is 0.457 e. The van der Waals surface area contributed by atoms with Gasteiger partial charge in [-0.25, -0.2) is 19.2 Å². The standard InChI is InChI=1S/C17H30O4.C16H28O4.C15H26O4.C14H24O4.4C2H6/c1-7-16(5,6)14(19)20-12-13(18)21-17(15(2,3)4)10-8-9-11-17;1-6-15(4,5)14(18)19-11-13(17)20-16(7-2,8-3)12-9-10-12;1-6-14(3,4)13(17)18-10-12(16)19-15(5,7-2)11-8-9-11;1-6-13(2,3)12(16)17-9-11(15)18-14(4,5)10-7-8-10;4*1-2/h7-12H2,1-6H3;12H,6-11H2,1-5H3;11H,6-10H2,1-5H3;10H,6-9H2,1-5H3;4*1-2H3. The lowest BCUT2D eigenvalue weighted by Crippen LogP contribution is -2.45. The zero-order valence-electron chi connectivity index (χ0n) is 60.6. The van der Waals surface area contributed by atoms with Gasteiger partial charge in [0.1, 0.15) is 22.4 Å². The van der Waals surface area contributed by atoms with Gasteiger partial charge in [-0.3, -0.25) is 19.2 Å². The van der Waals surface area contributed by atoms with E-state index in [4.69, 9.17) is 37.9 Å². The summed E-state index contributed by atoms with van der Waals surface area (Å²) in [5.74, 6) is -1.79. The molecule has 4 saturated carbocycles. The molecule has 4 rings (SSSR count). The Labute approximate surface area is 525 Å². The van der Waals surface area contributed by atoms with Crippen LogP contribution in [0.15, 0.2) is 0 Å². The van der Waals surface area contributed by atoms with Crippen LogP contribution in [0.25, 0.3) is 0 Å². The minimum atomic E-state index is -0.560. The monoisotopic (exact) mass is 1230 g/mol. The summed E-state index contributed by atoms with van der Waals surface area (Å²) in [5, 5.41) is 0. The van der Waals surface area contributed by atoms with Crippen molar-refractivity contribution in [2.45, 2.75) is 332 Å². The molecule has 508 valence electrons. The number of carbonyl (C=O) groups excluding carboxylic acids is 8. The zero-order chi connectivity index (χ0) is 68.4. The summed E-state index contributed by atoms with van der Waals surface area (Å²) < 4.78 is 42.4. The molecule has 86 heavy (non-hydrogen) atoms. The van der Waals surface area contributed by atoms with E-state index in [0.29, 0.717) is 43.4 Å². The fourth-order valence-corrected chi connectivity index (χ4v) is 8.59. The van der Waals surface area contributed by atoms with E-state index in [1.807, 2.05) is 152 Å². The highest BCUT2D eigenvalue weighted by molar-refractivity contribution is 5.82. The van der Waals surface area contributed by atoms with Crippen molar-refractivity contribution in [3.8, 4) is 0 Å². The highest BCUT2D eigenvalue weighted by atomic mass is 16.6. The molecule has 0 heterocycles. The second kappa shape index (κ2) is 41.1. The molecule has 0 N–H and O–H groups in total. The van der Waals surface area contributed by atoms with Crippen LogP contribution in [0, 0.1) is 44.8 Å². The number of rotatable bonds is 26. The molecule has 16 nitrogen and oxygen atoms in total. The van der Waals surface area contributed by atoms with Gasteiger partial charge in [-0.1, -0.05) is 125 Å². The quantitative estimate of drug-likeness (QED) is 0.0582. The Bertz CT molecular complexity index is 1970. The molecule has 0 bridgehead atoms. The molecule has 0 aromatic rings. The molecule has 0 amide bonds. The summed E-state index contributed by atoms with van der Waals surface area (Å²) in [6.45, 7) is 55.1. The summed E-state index contributed by atoms with van der Waals surface area (Å²) in [5.41, 5.74) is -3.93. The number of esters is 8. The summed E-state index contributed by atoms with van der Waals surface area (Å²) in [6, 6.07) is 0. The van der Waals surface area contributed by atoms with E-state index in [0.717, 1.165) is 83.5 Å². The normalized spacial score (nSPS) is 16.0. The molecule has 1 atom stereocenters. The van der Waals surface area contributed by atoms with Gasteiger partial charge in [0.25, 0.3) is 0 Å².